The minimum absolute atomic E-state index is 0.00882. The van der Waals surface area contributed by atoms with Crippen molar-refractivity contribution in [1.82, 2.24) is 19.7 Å². The Balaban J connectivity index is 0.000000553. The first-order valence-electron chi connectivity index (χ1n) is 7.40. The average Bonchev–Trinajstić information content (AvgIpc) is 2.60. The molecule has 30 heavy (non-hydrogen) atoms. The number of carbonyl (C=O) groups is 2. The van der Waals surface area contributed by atoms with Crippen LogP contribution in [0.3, 0.4) is 0 Å². The van der Waals surface area contributed by atoms with Gasteiger partial charge in [-0.05, 0) is 19.1 Å². The molecule has 17 heteroatoms. The van der Waals surface area contributed by atoms with Gasteiger partial charge in [-0.2, -0.15) is 23.4 Å². The number of halogens is 1. The van der Waals surface area contributed by atoms with E-state index in [-0.39, 0.29) is 21.9 Å². The molecule has 0 unspecified atom stereocenters. The summed E-state index contributed by atoms with van der Waals surface area (Å²) in [7, 11) is -5.48. The van der Waals surface area contributed by atoms with Crippen LogP contribution in [0.4, 0.5) is 15.5 Å². The number of methoxy groups -OCH3 is 1. The number of hydrogen-bond acceptors (Lipinski definition) is 10. The van der Waals surface area contributed by atoms with Crippen LogP contribution in [0, 0.1) is 6.92 Å². The van der Waals surface area contributed by atoms with Crippen molar-refractivity contribution in [3.63, 3.8) is 0 Å². The van der Waals surface area contributed by atoms with Crippen LogP contribution >= 0.6 is 11.6 Å². The zero-order chi connectivity index (χ0) is 22.9. The second kappa shape index (κ2) is 11.0. The third-order valence-electron chi connectivity index (χ3n) is 2.65. The first-order valence-corrected chi connectivity index (χ1v) is 10.3. The Hall–Kier alpha value is -3.37. The van der Waals surface area contributed by atoms with Gasteiger partial charge in [0.25, 0.3) is 10.0 Å². The third-order valence-corrected chi connectivity index (χ3v) is 4.81. The van der Waals surface area contributed by atoms with Gasteiger partial charge in [0.1, 0.15) is 10.7 Å². The van der Waals surface area contributed by atoms with Gasteiger partial charge in [-0.3, -0.25) is 5.32 Å². The molecule has 4 N–H and O–H groups in total. The molecule has 4 amide bonds. The SMILES string of the molecule is COc1nc(C)nc(NC(=O)NS(=O)(=O)c2ccccc2Cl)n1.NC(=O)N=S(=O)=O. The van der Waals surface area contributed by atoms with Crippen LogP contribution in [0.15, 0.2) is 33.5 Å². The van der Waals surface area contributed by atoms with Crippen LogP contribution in [0.25, 0.3) is 0 Å². The minimum atomic E-state index is -4.13. The number of hydrogen-bond donors (Lipinski definition) is 3. The second-order valence-corrected chi connectivity index (χ2v) is 7.50. The number of anilines is 1. The topological polar surface area (TPSA) is 213 Å². The van der Waals surface area contributed by atoms with Crippen molar-refractivity contribution in [3.8, 4) is 6.01 Å². The van der Waals surface area contributed by atoms with Gasteiger partial charge >= 0.3 is 28.6 Å². The zero-order valence-electron chi connectivity index (χ0n) is 15.2. The molecule has 0 saturated heterocycles. The van der Waals surface area contributed by atoms with E-state index in [2.05, 4.69) is 30.4 Å². The monoisotopic (exact) mass is 479 g/mol. The van der Waals surface area contributed by atoms with E-state index in [1.807, 2.05) is 4.72 Å². The maximum atomic E-state index is 12.1. The van der Waals surface area contributed by atoms with Crippen LogP contribution in [-0.4, -0.2) is 51.0 Å². The molecule has 0 aliphatic rings. The number of nitrogens with zero attached hydrogens (tertiary/aromatic N) is 4. The van der Waals surface area contributed by atoms with E-state index in [9.17, 15) is 26.4 Å². The molecule has 0 saturated carbocycles. The van der Waals surface area contributed by atoms with E-state index in [1.165, 1.54) is 25.3 Å². The van der Waals surface area contributed by atoms with Gasteiger partial charge in [-0.25, -0.2) is 22.7 Å². The normalized spacial score (nSPS) is 10.1. The number of ether oxygens (including phenoxy) is 1. The molecule has 0 atom stereocenters. The predicted octanol–water partition coefficient (Wildman–Crippen LogP) is 0.480. The second-order valence-electron chi connectivity index (χ2n) is 4.83. The standard InChI is InChI=1S/C12H12ClN5O4S.CH2N2O3S/c1-7-14-10(17-12(15-7)22-2)16-11(19)18-23(20,21)9-6-4-3-5-8(9)13;2-1(4)3-7(5)6/h3-6H,1-2H3,(H2,14,15,16,17,18,19);(H2,2,4). The van der Waals surface area contributed by atoms with E-state index in [4.69, 9.17) is 16.3 Å². The van der Waals surface area contributed by atoms with Crippen LogP contribution < -0.4 is 20.5 Å². The first-order chi connectivity index (χ1) is 13.9. The highest BCUT2D eigenvalue weighted by Crippen LogP contribution is 2.20. The molecular formula is C13H14ClN7O7S2. The number of benzene rings is 1. The van der Waals surface area contributed by atoms with Crippen molar-refractivity contribution in [2.24, 2.45) is 10.1 Å². The molecule has 0 fully saturated rings. The Kier molecular flexibility index (Phi) is 9.03. The number of primary amides is 1. The summed E-state index contributed by atoms with van der Waals surface area (Å²) in [6.07, 6.45) is 0. The van der Waals surface area contributed by atoms with Gasteiger partial charge in [0.05, 0.1) is 12.1 Å². The molecule has 1 aromatic carbocycles. The number of rotatable bonds is 4. The lowest BCUT2D eigenvalue weighted by molar-refractivity contribution is 0.255. The van der Waals surface area contributed by atoms with Gasteiger partial charge in [-0.15, -0.1) is 0 Å². The predicted molar refractivity (Wildman–Crippen MR) is 103 cm³/mol. The summed E-state index contributed by atoms with van der Waals surface area (Å²) in [4.78, 5) is 32.6. The van der Waals surface area contributed by atoms with Gasteiger partial charge in [-0.1, -0.05) is 28.1 Å². The maximum absolute atomic E-state index is 12.1. The molecule has 162 valence electrons. The first kappa shape index (κ1) is 24.7. The summed E-state index contributed by atoms with van der Waals surface area (Å²) in [5.74, 6) is 0.141. The Morgan fingerprint density at radius 2 is 1.83 bits per heavy atom. The quantitative estimate of drug-likeness (QED) is 0.551. The number of nitrogens with two attached hydrogens (primary N) is 1. The molecule has 2 aromatic rings. The maximum Gasteiger partial charge on any atom is 0.353 e. The van der Waals surface area contributed by atoms with Crippen LogP contribution in [-0.2, 0) is 20.5 Å². The Morgan fingerprint density at radius 1 is 1.20 bits per heavy atom. The number of aromatic nitrogens is 3. The van der Waals surface area contributed by atoms with E-state index >= 15 is 0 Å². The molecule has 0 bridgehead atoms. The fraction of sp³-hybridized carbons (Fsp3) is 0.154. The molecule has 1 aromatic heterocycles. The molecule has 0 spiro atoms. The van der Waals surface area contributed by atoms with Crippen LogP contribution in [0.2, 0.25) is 5.02 Å². The molecule has 2 rings (SSSR count). The van der Waals surface area contributed by atoms with Crippen molar-refractivity contribution in [3.05, 3.63) is 35.1 Å². The van der Waals surface area contributed by atoms with Gasteiger partial charge in [0.2, 0.25) is 5.95 Å². The van der Waals surface area contributed by atoms with E-state index in [0.29, 0.717) is 5.82 Å². The molecule has 0 aliphatic carbocycles. The highest BCUT2D eigenvalue weighted by atomic mass is 35.5. The van der Waals surface area contributed by atoms with Crippen molar-refractivity contribution in [1.29, 1.82) is 0 Å². The lowest BCUT2D eigenvalue weighted by Gasteiger charge is -2.09. The molecule has 0 aliphatic heterocycles. The molecule has 1 heterocycles. The Labute approximate surface area is 176 Å². The smallest absolute Gasteiger partial charge is 0.353 e. The number of aryl methyl sites for hydroxylation is 1. The lowest BCUT2D eigenvalue weighted by atomic mass is 10.4. The summed E-state index contributed by atoms with van der Waals surface area (Å²) in [5.41, 5.74) is 4.29. The van der Waals surface area contributed by atoms with Crippen molar-refractivity contribution < 1.29 is 31.2 Å². The Morgan fingerprint density at radius 3 is 2.33 bits per heavy atom. The highest BCUT2D eigenvalue weighted by Gasteiger charge is 2.21. The van der Waals surface area contributed by atoms with E-state index < -0.39 is 32.6 Å². The Bertz CT molecular complexity index is 1180. The van der Waals surface area contributed by atoms with E-state index in [1.54, 1.807) is 13.0 Å². The fourth-order valence-electron chi connectivity index (χ4n) is 1.64. The largest absolute Gasteiger partial charge is 0.467 e. The number of sulfonamides is 1. The zero-order valence-corrected chi connectivity index (χ0v) is 17.6. The number of urea groups is 2. The summed E-state index contributed by atoms with van der Waals surface area (Å²) < 4.78 is 51.9. The number of carbonyl (C=O) groups excluding carboxylic acids is 2. The summed E-state index contributed by atoms with van der Waals surface area (Å²) in [6, 6.07) is 3.47. The minimum Gasteiger partial charge on any atom is -0.467 e. The summed E-state index contributed by atoms with van der Waals surface area (Å²) in [6.45, 7) is 1.56. The number of nitrogens with one attached hydrogen (secondary N) is 2. The van der Waals surface area contributed by atoms with Crippen LogP contribution in [0.1, 0.15) is 5.82 Å². The van der Waals surface area contributed by atoms with E-state index in [0.717, 1.165) is 0 Å². The summed E-state index contributed by atoms with van der Waals surface area (Å²) >= 11 is 5.81. The van der Waals surface area contributed by atoms with Crippen molar-refractivity contribution in [2.75, 3.05) is 12.4 Å². The third kappa shape index (κ3) is 8.33. The molecule has 0 radical (unpaired) electrons. The van der Waals surface area contributed by atoms with Crippen molar-refractivity contribution in [2.45, 2.75) is 11.8 Å². The van der Waals surface area contributed by atoms with Gasteiger partial charge in [0, 0.05) is 0 Å². The van der Waals surface area contributed by atoms with Gasteiger partial charge in [0.15, 0.2) is 0 Å². The lowest BCUT2D eigenvalue weighted by Crippen LogP contribution is -2.35. The summed E-state index contributed by atoms with van der Waals surface area (Å²) in [5, 5.41) is 2.18. The van der Waals surface area contributed by atoms with Crippen LogP contribution in [0.5, 0.6) is 6.01 Å². The molecule has 14 nitrogen and oxygen atoms in total. The fourth-order valence-corrected chi connectivity index (χ4v) is 3.22. The average molecular weight is 480 g/mol. The highest BCUT2D eigenvalue weighted by molar-refractivity contribution is 7.90. The van der Waals surface area contributed by atoms with Gasteiger partial charge < -0.3 is 10.5 Å². The number of amides is 4. The van der Waals surface area contributed by atoms with Crippen molar-refractivity contribution >= 4 is 50.1 Å². The molecular weight excluding hydrogens is 466 g/mol.